The summed E-state index contributed by atoms with van der Waals surface area (Å²) < 4.78 is 27.9. The molecule has 1 heterocycles. The van der Waals surface area contributed by atoms with E-state index in [-0.39, 0.29) is 17.9 Å². The lowest BCUT2D eigenvalue weighted by Gasteiger charge is -2.23. The second-order valence-corrected chi connectivity index (χ2v) is 9.05. The van der Waals surface area contributed by atoms with Crippen LogP contribution in [-0.2, 0) is 30.6 Å². The minimum atomic E-state index is -3.13. The fraction of sp³-hybridized carbons (Fsp3) is 0.467. The molecule has 9 heteroatoms. The van der Waals surface area contributed by atoms with E-state index in [1.807, 2.05) is 0 Å². The third-order valence-corrected chi connectivity index (χ3v) is 6.15. The molecule has 1 aromatic rings. The van der Waals surface area contributed by atoms with Crippen LogP contribution in [0.5, 0.6) is 0 Å². The zero-order valence-electron chi connectivity index (χ0n) is 13.0. The number of benzene rings is 1. The summed E-state index contributed by atoms with van der Waals surface area (Å²) in [5.74, 6) is -1.22. The van der Waals surface area contributed by atoms with Gasteiger partial charge < -0.3 is 10.1 Å². The van der Waals surface area contributed by atoms with Crippen molar-refractivity contribution in [3.8, 4) is 0 Å². The molecule has 2 rings (SSSR count). The number of hydrogen-bond acceptors (Lipinski definition) is 5. The standard InChI is InChI=1S/C15H17Cl2NO5S/c1-15(4-5-24(21,22)9-15)18-13(19)8-23-14(20)6-10-2-3-11(16)7-12(10)17/h2-3,7H,4-6,8-9H2,1H3,(H,18,19)/t15-/m1/s1. The molecule has 6 nitrogen and oxygen atoms in total. The van der Waals surface area contributed by atoms with Crippen LogP contribution >= 0.6 is 23.2 Å². The Bertz CT molecular complexity index is 765. The van der Waals surface area contributed by atoms with Crippen molar-refractivity contribution in [3.63, 3.8) is 0 Å². The lowest BCUT2D eigenvalue weighted by atomic mass is 10.0. The molecule has 1 aliphatic rings. The molecule has 0 unspecified atom stereocenters. The van der Waals surface area contributed by atoms with Gasteiger partial charge >= 0.3 is 5.97 Å². The number of carbonyl (C=O) groups is 2. The van der Waals surface area contributed by atoms with Crippen LogP contribution in [0.25, 0.3) is 0 Å². The maximum absolute atomic E-state index is 11.9. The summed E-state index contributed by atoms with van der Waals surface area (Å²) in [5, 5.41) is 3.41. The molecule has 1 fully saturated rings. The van der Waals surface area contributed by atoms with E-state index >= 15 is 0 Å². The van der Waals surface area contributed by atoms with Crippen molar-refractivity contribution >= 4 is 44.9 Å². The van der Waals surface area contributed by atoms with Gasteiger partial charge in [-0.05, 0) is 31.0 Å². The van der Waals surface area contributed by atoms with Gasteiger partial charge in [-0.1, -0.05) is 29.3 Å². The predicted molar refractivity (Wildman–Crippen MR) is 90.9 cm³/mol. The van der Waals surface area contributed by atoms with Gasteiger partial charge in [-0.15, -0.1) is 0 Å². The summed E-state index contributed by atoms with van der Waals surface area (Å²) in [7, 11) is -3.13. The van der Waals surface area contributed by atoms with Crippen LogP contribution in [0.2, 0.25) is 10.0 Å². The monoisotopic (exact) mass is 393 g/mol. The summed E-state index contributed by atoms with van der Waals surface area (Å²) in [4.78, 5) is 23.6. The van der Waals surface area contributed by atoms with Gasteiger partial charge in [-0.2, -0.15) is 0 Å². The molecule has 1 amide bonds. The maximum Gasteiger partial charge on any atom is 0.310 e. The first kappa shape index (κ1) is 19.0. The van der Waals surface area contributed by atoms with E-state index in [1.165, 1.54) is 6.07 Å². The molecule has 1 atom stereocenters. The number of sulfone groups is 1. The van der Waals surface area contributed by atoms with E-state index in [9.17, 15) is 18.0 Å². The topological polar surface area (TPSA) is 89.5 Å². The summed E-state index contributed by atoms with van der Waals surface area (Å²) in [6.07, 6.45) is 0.254. The largest absolute Gasteiger partial charge is 0.455 e. The number of carbonyl (C=O) groups excluding carboxylic acids is 2. The van der Waals surface area contributed by atoms with Crippen molar-refractivity contribution in [2.75, 3.05) is 18.1 Å². The number of amides is 1. The number of rotatable bonds is 5. The van der Waals surface area contributed by atoms with Crippen molar-refractivity contribution < 1.29 is 22.7 Å². The van der Waals surface area contributed by atoms with Crippen LogP contribution in [0, 0.1) is 0 Å². The highest BCUT2D eigenvalue weighted by Crippen LogP contribution is 2.23. The zero-order chi connectivity index (χ0) is 18.0. The van der Waals surface area contributed by atoms with Crippen LogP contribution < -0.4 is 5.32 Å². The van der Waals surface area contributed by atoms with E-state index < -0.39 is 33.9 Å². The third-order valence-electron chi connectivity index (χ3n) is 3.66. The summed E-state index contributed by atoms with van der Waals surface area (Å²) in [6, 6.07) is 4.72. The van der Waals surface area contributed by atoms with Gasteiger partial charge in [-0.25, -0.2) is 8.42 Å². The van der Waals surface area contributed by atoms with Gasteiger partial charge in [-0.3, -0.25) is 9.59 Å². The molecule has 24 heavy (non-hydrogen) atoms. The molecule has 0 spiro atoms. The average Bonchev–Trinajstić information content (AvgIpc) is 2.73. The van der Waals surface area contributed by atoms with Crippen LogP contribution in [-0.4, -0.2) is 43.9 Å². The molecule has 0 aromatic heterocycles. The van der Waals surface area contributed by atoms with Gasteiger partial charge in [0.15, 0.2) is 16.4 Å². The van der Waals surface area contributed by atoms with Crippen molar-refractivity contribution in [2.45, 2.75) is 25.3 Å². The molecular weight excluding hydrogens is 377 g/mol. The number of ether oxygens (including phenoxy) is 1. The molecule has 0 aliphatic carbocycles. The van der Waals surface area contributed by atoms with Gasteiger partial charge in [0.05, 0.1) is 23.5 Å². The minimum Gasteiger partial charge on any atom is -0.455 e. The van der Waals surface area contributed by atoms with Crippen molar-refractivity contribution in [1.29, 1.82) is 0 Å². The molecule has 1 aromatic carbocycles. The first-order valence-electron chi connectivity index (χ1n) is 7.20. The van der Waals surface area contributed by atoms with E-state index in [0.29, 0.717) is 22.0 Å². The second kappa shape index (κ2) is 7.29. The lowest BCUT2D eigenvalue weighted by Crippen LogP contribution is -2.48. The van der Waals surface area contributed by atoms with E-state index in [2.05, 4.69) is 5.32 Å². The van der Waals surface area contributed by atoms with E-state index in [0.717, 1.165) is 0 Å². The van der Waals surface area contributed by atoms with Gasteiger partial charge in [0, 0.05) is 10.0 Å². The Labute approximate surface area is 150 Å². The number of esters is 1. The molecule has 1 saturated heterocycles. The highest BCUT2D eigenvalue weighted by molar-refractivity contribution is 7.91. The van der Waals surface area contributed by atoms with Crippen LogP contribution in [0.3, 0.4) is 0 Å². The normalized spacial score (nSPS) is 22.1. The second-order valence-electron chi connectivity index (χ2n) is 6.02. The smallest absolute Gasteiger partial charge is 0.310 e. The van der Waals surface area contributed by atoms with Gasteiger partial charge in [0.25, 0.3) is 5.91 Å². The van der Waals surface area contributed by atoms with Crippen LogP contribution in [0.4, 0.5) is 0 Å². The lowest BCUT2D eigenvalue weighted by molar-refractivity contribution is -0.148. The highest BCUT2D eigenvalue weighted by Gasteiger charge is 2.39. The van der Waals surface area contributed by atoms with Crippen LogP contribution in [0.1, 0.15) is 18.9 Å². The van der Waals surface area contributed by atoms with Gasteiger partial charge in [0.1, 0.15) is 0 Å². The Hall–Kier alpha value is -1.31. The molecule has 1 N–H and O–H groups in total. The summed E-state index contributed by atoms with van der Waals surface area (Å²) >= 11 is 11.7. The molecule has 1 aliphatic heterocycles. The summed E-state index contributed by atoms with van der Waals surface area (Å²) in [6.45, 7) is 1.18. The maximum atomic E-state index is 11.9. The quantitative estimate of drug-likeness (QED) is 0.769. The first-order chi connectivity index (χ1) is 11.1. The Morgan fingerprint density at radius 3 is 2.62 bits per heavy atom. The minimum absolute atomic E-state index is 0.0403. The van der Waals surface area contributed by atoms with Crippen LogP contribution in [0.15, 0.2) is 18.2 Å². The molecular formula is C15H17Cl2NO5S. The fourth-order valence-corrected chi connectivity index (χ4v) is 5.07. The Kier molecular flexibility index (Phi) is 5.78. The SMILES string of the molecule is C[C@@]1(NC(=O)COC(=O)Cc2ccc(Cl)cc2Cl)CCS(=O)(=O)C1. The van der Waals surface area contributed by atoms with Crippen molar-refractivity contribution in [2.24, 2.45) is 0 Å². The van der Waals surface area contributed by atoms with E-state index in [1.54, 1.807) is 19.1 Å². The molecule has 0 saturated carbocycles. The van der Waals surface area contributed by atoms with Crippen molar-refractivity contribution in [3.05, 3.63) is 33.8 Å². The highest BCUT2D eigenvalue weighted by atomic mass is 35.5. The van der Waals surface area contributed by atoms with Crippen molar-refractivity contribution in [1.82, 2.24) is 5.32 Å². The number of halogens is 2. The molecule has 0 bridgehead atoms. The van der Waals surface area contributed by atoms with Gasteiger partial charge in [0.2, 0.25) is 0 Å². The number of hydrogen-bond donors (Lipinski definition) is 1. The summed E-state index contributed by atoms with van der Waals surface area (Å²) in [5.41, 5.74) is -0.276. The zero-order valence-corrected chi connectivity index (χ0v) is 15.3. The third kappa shape index (κ3) is 5.36. The Morgan fingerprint density at radius 2 is 2.04 bits per heavy atom. The molecule has 132 valence electrons. The first-order valence-corrected chi connectivity index (χ1v) is 9.77. The Balaban J connectivity index is 1.82. The fourth-order valence-electron chi connectivity index (χ4n) is 2.50. The Morgan fingerprint density at radius 1 is 1.33 bits per heavy atom. The molecule has 0 radical (unpaired) electrons. The van der Waals surface area contributed by atoms with E-state index in [4.69, 9.17) is 27.9 Å². The predicted octanol–water partition coefficient (Wildman–Crippen LogP) is 1.77. The number of nitrogens with one attached hydrogen (secondary N) is 1. The average molecular weight is 394 g/mol.